The van der Waals surface area contributed by atoms with Gasteiger partial charge in [-0.15, -0.1) is 0 Å². The fourth-order valence-electron chi connectivity index (χ4n) is 2.92. The van der Waals surface area contributed by atoms with Crippen molar-refractivity contribution in [2.24, 2.45) is 5.92 Å². The average Bonchev–Trinajstić information content (AvgIpc) is 2.42. The molecule has 6 heteroatoms. The van der Waals surface area contributed by atoms with Gasteiger partial charge in [-0.2, -0.15) is 0 Å². The van der Waals surface area contributed by atoms with Crippen LogP contribution in [0.25, 0.3) is 0 Å². The Morgan fingerprint density at radius 1 is 1.50 bits per heavy atom. The quantitative estimate of drug-likeness (QED) is 0.607. The highest BCUT2D eigenvalue weighted by molar-refractivity contribution is 5.83. The smallest absolute Gasteiger partial charge is 0.329 e. The molecular weight excluding hydrogens is 260 g/mol. The lowest BCUT2D eigenvalue weighted by atomic mass is 9.76. The summed E-state index contributed by atoms with van der Waals surface area (Å²) in [5.41, 5.74) is -0.359. The van der Waals surface area contributed by atoms with Crippen molar-refractivity contribution in [2.45, 2.75) is 51.1 Å². The van der Waals surface area contributed by atoms with E-state index in [1.807, 2.05) is 0 Å². The number of hydrogen-bond acceptors (Lipinski definition) is 5. The maximum Gasteiger partial charge on any atom is 0.329 e. The summed E-state index contributed by atoms with van der Waals surface area (Å²) in [5.74, 6) is -0.220. The largest absolute Gasteiger partial charge is 0.467 e. The highest BCUT2D eigenvalue weighted by Crippen LogP contribution is 2.31. The van der Waals surface area contributed by atoms with Gasteiger partial charge in [0, 0.05) is 19.0 Å². The van der Waals surface area contributed by atoms with Gasteiger partial charge in [-0.1, -0.05) is 19.8 Å². The monoisotopic (exact) mass is 286 g/mol. The fourth-order valence-corrected chi connectivity index (χ4v) is 2.92. The molecule has 1 amide bonds. The highest BCUT2D eigenvalue weighted by atomic mass is 16.5. The SMILES string of the molecule is COC(=O)C(CNC1(CO)CCCC(C)C1)NC(C)=O. The van der Waals surface area contributed by atoms with Gasteiger partial charge in [0.2, 0.25) is 5.91 Å². The second-order valence-electron chi connectivity index (χ2n) is 5.80. The molecule has 0 aliphatic heterocycles. The van der Waals surface area contributed by atoms with E-state index in [1.165, 1.54) is 14.0 Å². The Bertz CT molecular complexity index is 348. The van der Waals surface area contributed by atoms with E-state index in [-0.39, 0.29) is 24.6 Å². The van der Waals surface area contributed by atoms with Crippen LogP contribution in [0.1, 0.15) is 39.5 Å². The number of hydrogen-bond donors (Lipinski definition) is 3. The van der Waals surface area contributed by atoms with Gasteiger partial charge < -0.3 is 20.5 Å². The number of ether oxygens (including phenoxy) is 1. The summed E-state index contributed by atoms with van der Waals surface area (Å²) < 4.78 is 4.68. The molecule has 0 aromatic heterocycles. The zero-order valence-electron chi connectivity index (χ0n) is 12.6. The van der Waals surface area contributed by atoms with E-state index in [2.05, 4.69) is 22.3 Å². The number of methoxy groups -OCH3 is 1. The van der Waals surface area contributed by atoms with Crippen molar-refractivity contribution in [2.75, 3.05) is 20.3 Å². The van der Waals surface area contributed by atoms with Crippen LogP contribution >= 0.6 is 0 Å². The minimum atomic E-state index is -0.724. The maximum absolute atomic E-state index is 11.6. The van der Waals surface area contributed by atoms with E-state index in [0.717, 1.165) is 25.7 Å². The van der Waals surface area contributed by atoms with Gasteiger partial charge in [0.1, 0.15) is 6.04 Å². The van der Waals surface area contributed by atoms with Gasteiger partial charge >= 0.3 is 5.97 Å². The van der Waals surface area contributed by atoms with Gasteiger partial charge in [-0.3, -0.25) is 4.79 Å². The van der Waals surface area contributed by atoms with Crippen molar-refractivity contribution in [3.8, 4) is 0 Å². The number of carbonyl (C=O) groups excluding carboxylic acids is 2. The topological polar surface area (TPSA) is 87.7 Å². The first-order valence-electron chi connectivity index (χ1n) is 7.13. The van der Waals surface area contributed by atoms with E-state index in [1.54, 1.807) is 0 Å². The Morgan fingerprint density at radius 2 is 2.20 bits per heavy atom. The molecule has 0 saturated heterocycles. The molecule has 0 spiro atoms. The first kappa shape index (κ1) is 16.9. The molecule has 0 bridgehead atoms. The molecule has 0 heterocycles. The zero-order valence-corrected chi connectivity index (χ0v) is 12.6. The summed E-state index contributed by atoms with van der Waals surface area (Å²) >= 11 is 0. The van der Waals surface area contributed by atoms with Crippen LogP contribution in [0.5, 0.6) is 0 Å². The van der Waals surface area contributed by atoms with Crippen LogP contribution < -0.4 is 10.6 Å². The third-order valence-electron chi connectivity index (χ3n) is 3.94. The van der Waals surface area contributed by atoms with Crippen molar-refractivity contribution in [3.63, 3.8) is 0 Å². The lowest BCUT2D eigenvalue weighted by molar-refractivity contribution is -0.144. The number of aliphatic hydroxyl groups excluding tert-OH is 1. The normalized spacial score (nSPS) is 27.7. The molecule has 1 fully saturated rings. The molecule has 1 aliphatic carbocycles. The number of amides is 1. The van der Waals surface area contributed by atoms with Crippen molar-refractivity contribution in [3.05, 3.63) is 0 Å². The summed E-state index contributed by atoms with van der Waals surface area (Å²) in [6.07, 6.45) is 3.96. The minimum Gasteiger partial charge on any atom is -0.467 e. The molecule has 20 heavy (non-hydrogen) atoms. The van der Waals surface area contributed by atoms with Crippen LogP contribution in [0.2, 0.25) is 0 Å². The molecule has 3 unspecified atom stereocenters. The number of esters is 1. The summed E-state index contributed by atoms with van der Waals surface area (Å²) in [7, 11) is 1.29. The van der Waals surface area contributed by atoms with E-state index in [9.17, 15) is 14.7 Å². The number of rotatable bonds is 6. The van der Waals surface area contributed by atoms with Gasteiger partial charge in [0.15, 0.2) is 0 Å². The Morgan fingerprint density at radius 3 is 2.70 bits per heavy atom. The van der Waals surface area contributed by atoms with Crippen LogP contribution in [0.3, 0.4) is 0 Å². The lowest BCUT2D eigenvalue weighted by Crippen LogP contribution is -2.57. The van der Waals surface area contributed by atoms with Crippen LogP contribution in [-0.2, 0) is 14.3 Å². The van der Waals surface area contributed by atoms with Crippen molar-refractivity contribution in [1.82, 2.24) is 10.6 Å². The van der Waals surface area contributed by atoms with Crippen LogP contribution in [0, 0.1) is 5.92 Å². The molecular formula is C14H26N2O4. The van der Waals surface area contributed by atoms with Crippen LogP contribution in [0.4, 0.5) is 0 Å². The van der Waals surface area contributed by atoms with Crippen LogP contribution in [-0.4, -0.2) is 48.8 Å². The predicted molar refractivity (Wildman–Crippen MR) is 75.1 cm³/mol. The first-order valence-corrected chi connectivity index (χ1v) is 7.13. The number of nitrogens with one attached hydrogen (secondary N) is 2. The Balaban J connectivity index is 2.63. The zero-order chi connectivity index (χ0) is 15.2. The lowest BCUT2D eigenvalue weighted by Gasteiger charge is -2.40. The number of carbonyl (C=O) groups is 2. The molecule has 116 valence electrons. The molecule has 1 saturated carbocycles. The highest BCUT2D eigenvalue weighted by Gasteiger charge is 2.35. The Kier molecular flexibility index (Phi) is 6.42. The second kappa shape index (κ2) is 7.59. The summed E-state index contributed by atoms with van der Waals surface area (Å²) in [6, 6.07) is -0.724. The Labute approximate surface area is 120 Å². The van der Waals surface area contributed by atoms with Gasteiger partial charge in [-0.05, 0) is 18.8 Å². The molecule has 3 atom stereocenters. The molecule has 6 nitrogen and oxygen atoms in total. The summed E-state index contributed by atoms with van der Waals surface area (Å²) in [6.45, 7) is 3.82. The van der Waals surface area contributed by atoms with Gasteiger partial charge in [0.25, 0.3) is 0 Å². The van der Waals surface area contributed by atoms with E-state index < -0.39 is 12.0 Å². The maximum atomic E-state index is 11.6. The third kappa shape index (κ3) is 4.76. The van der Waals surface area contributed by atoms with Gasteiger partial charge in [-0.25, -0.2) is 4.79 Å². The van der Waals surface area contributed by atoms with E-state index in [0.29, 0.717) is 5.92 Å². The predicted octanol–water partition coefficient (Wildman–Crippen LogP) is 0.195. The molecule has 3 N–H and O–H groups in total. The van der Waals surface area contributed by atoms with Crippen LogP contribution in [0.15, 0.2) is 0 Å². The summed E-state index contributed by atoms with van der Waals surface area (Å²) in [4.78, 5) is 22.8. The molecule has 0 aromatic carbocycles. The number of aliphatic hydroxyl groups is 1. The first-order chi connectivity index (χ1) is 9.42. The molecule has 1 rings (SSSR count). The van der Waals surface area contributed by atoms with E-state index in [4.69, 9.17) is 0 Å². The molecule has 1 aliphatic rings. The fraction of sp³-hybridized carbons (Fsp3) is 0.857. The van der Waals surface area contributed by atoms with Crippen molar-refractivity contribution in [1.29, 1.82) is 0 Å². The van der Waals surface area contributed by atoms with Gasteiger partial charge in [0.05, 0.1) is 13.7 Å². The molecule has 0 radical (unpaired) electrons. The van der Waals surface area contributed by atoms with Crippen molar-refractivity contribution < 1.29 is 19.4 Å². The van der Waals surface area contributed by atoms with E-state index >= 15 is 0 Å². The Hall–Kier alpha value is -1.14. The third-order valence-corrected chi connectivity index (χ3v) is 3.94. The minimum absolute atomic E-state index is 0.0330. The van der Waals surface area contributed by atoms with Crippen molar-refractivity contribution >= 4 is 11.9 Å². The second-order valence-corrected chi connectivity index (χ2v) is 5.80. The average molecular weight is 286 g/mol. The molecule has 0 aromatic rings. The standard InChI is InChI=1S/C14H26N2O4/c1-10-5-4-6-14(7-10,9-17)15-8-12(13(19)20-3)16-11(2)18/h10,12,15,17H,4-9H2,1-3H3,(H,16,18). The summed E-state index contributed by atoms with van der Waals surface area (Å²) in [5, 5.41) is 15.5.